The van der Waals surface area contributed by atoms with E-state index in [0.29, 0.717) is 6.54 Å². The first kappa shape index (κ1) is 10.3. The van der Waals surface area contributed by atoms with Gasteiger partial charge in [0.15, 0.2) is 0 Å². The third kappa shape index (κ3) is 3.30. The molecule has 0 bridgehead atoms. The second kappa shape index (κ2) is 4.45. The highest BCUT2D eigenvalue weighted by Gasteiger charge is 2.22. The summed E-state index contributed by atoms with van der Waals surface area (Å²) in [4.78, 5) is 31.8. The SMILES string of the molecule is O=C(O)CNC(=O)NC1CNC(=O)C1. The van der Waals surface area contributed by atoms with Gasteiger partial charge in [-0.25, -0.2) is 4.79 Å². The summed E-state index contributed by atoms with van der Waals surface area (Å²) >= 11 is 0. The maximum absolute atomic E-state index is 11.0. The van der Waals surface area contributed by atoms with E-state index in [4.69, 9.17) is 5.11 Å². The fourth-order valence-corrected chi connectivity index (χ4v) is 1.10. The second-order valence-electron chi connectivity index (χ2n) is 2.93. The molecule has 0 spiro atoms. The van der Waals surface area contributed by atoms with Crippen molar-refractivity contribution in [3.63, 3.8) is 0 Å². The van der Waals surface area contributed by atoms with Crippen LogP contribution in [0.3, 0.4) is 0 Å². The predicted molar refractivity (Wildman–Crippen MR) is 45.6 cm³/mol. The zero-order valence-electron chi connectivity index (χ0n) is 7.37. The molecule has 1 rings (SSSR count). The molecule has 1 atom stereocenters. The van der Waals surface area contributed by atoms with Crippen molar-refractivity contribution in [2.45, 2.75) is 12.5 Å². The Labute approximate surface area is 79.9 Å². The Balaban J connectivity index is 2.20. The van der Waals surface area contributed by atoms with E-state index in [-0.39, 0.29) is 18.4 Å². The van der Waals surface area contributed by atoms with E-state index in [2.05, 4.69) is 16.0 Å². The minimum absolute atomic E-state index is 0.117. The number of carboxylic acids is 1. The molecular weight excluding hydrogens is 190 g/mol. The van der Waals surface area contributed by atoms with Crippen LogP contribution < -0.4 is 16.0 Å². The van der Waals surface area contributed by atoms with Gasteiger partial charge < -0.3 is 21.1 Å². The van der Waals surface area contributed by atoms with Gasteiger partial charge in [0.2, 0.25) is 5.91 Å². The lowest BCUT2D eigenvalue weighted by Crippen LogP contribution is -2.44. The third-order valence-corrected chi connectivity index (χ3v) is 1.71. The molecule has 1 fully saturated rings. The summed E-state index contributed by atoms with van der Waals surface area (Å²) in [5.74, 6) is -1.23. The fraction of sp³-hybridized carbons (Fsp3) is 0.571. The lowest BCUT2D eigenvalue weighted by Gasteiger charge is -2.10. The fourth-order valence-electron chi connectivity index (χ4n) is 1.10. The van der Waals surface area contributed by atoms with Crippen LogP contribution in [0.25, 0.3) is 0 Å². The first-order valence-electron chi connectivity index (χ1n) is 4.11. The number of hydrogen-bond donors (Lipinski definition) is 4. The molecule has 7 heteroatoms. The number of carbonyl (C=O) groups is 3. The second-order valence-corrected chi connectivity index (χ2v) is 2.93. The molecule has 0 saturated carbocycles. The highest BCUT2D eigenvalue weighted by atomic mass is 16.4. The lowest BCUT2D eigenvalue weighted by molar-refractivity contribution is -0.135. The average molecular weight is 201 g/mol. The van der Waals surface area contributed by atoms with Gasteiger partial charge in [0, 0.05) is 13.0 Å². The van der Waals surface area contributed by atoms with Gasteiger partial charge in [-0.15, -0.1) is 0 Å². The molecule has 78 valence electrons. The Morgan fingerprint density at radius 2 is 2.29 bits per heavy atom. The number of nitrogens with one attached hydrogen (secondary N) is 3. The number of amides is 3. The van der Waals surface area contributed by atoms with Crippen LogP contribution in [-0.2, 0) is 9.59 Å². The maximum Gasteiger partial charge on any atom is 0.323 e. The van der Waals surface area contributed by atoms with Gasteiger partial charge >= 0.3 is 12.0 Å². The van der Waals surface area contributed by atoms with Crippen molar-refractivity contribution >= 4 is 17.9 Å². The number of aliphatic carboxylic acids is 1. The molecule has 0 aliphatic carbocycles. The Morgan fingerprint density at radius 1 is 1.57 bits per heavy atom. The summed E-state index contributed by atoms with van der Waals surface area (Å²) in [6.45, 7) is -0.0424. The topological polar surface area (TPSA) is 108 Å². The zero-order valence-corrected chi connectivity index (χ0v) is 7.37. The summed E-state index contributed by atoms with van der Waals surface area (Å²) in [7, 11) is 0. The van der Waals surface area contributed by atoms with Crippen LogP contribution in [0.2, 0.25) is 0 Å². The van der Waals surface area contributed by atoms with Gasteiger partial charge in [-0.3, -0.25) is 9.59 Å². The van der Waals surface area contributed by atoms with E-state index in [9.17, 15) is 14.4 Å². The minimum atomic E-state index is -1.11. The van der Waals surface area contributed by atoms with E-state index >= 15 is 0 Å². The van der Waals surface area contributed by atoms with E-state index in [1.165, 1.54) is 0 Å². The molecule has 1 aliphatic heterocycles. The van der Waals surface area contributed by atoms with Gasteiger partial charge in [-0.2, -0.15) is 0 Å². The number of carbonyl (C=O) groups excluding carboxylic acids is 2. The molecule has 7 nitrogen and oxygen atoms in total. The molecule has 0 aromatic rings. The zero-order chi connectivity index (χ0) is 10.6. The molecule has 0 radical (unpaired) electrons. The predicted octanol–water partition coefficient (Wildman–Crippen LogP) is -1.74. The molecule has 1 heterocycles. The highest BCUT2D eigenvalue weighted by Crippen LogP contribution is 1.97. The average Bonchev–Trinajstić information content (AvgIpc) is 2.48. The van der Waals surface area contributed by atoms with Gasteiger partial charge in [0.05, 0.1) is 6.04 Å². The van der Waals surface area contributed by atoms with Crippen molar-refractivity contribution < 1.29 is 19.5 Å². The smallest absolute Gasteiger partial charge is 0.323 e. The highest BCUT2D eigenvalue weighted by molar-refractivity contribution is 5.83. The van der Waals surface area contributed by atoms with E-state index < -0.39 is 18.5 Å². The van der Waals surface area contributed by atoms with Gasteiger partial charge in [-0.1, -0.05) is 0 Å². The Bertz CT molecular complexity index is 266. The molecule has 4 N–H and O–H groups in total. The molecule has 0 aromatic heterocycles. The van der Waals surface area contributed by atoms with Crippen LogP contribution >= 0.6 is 0 Å². The minimum Gasteiger partial charge on any atom is -0.480 e. The van der Waals surface area contributed by atoms with Crippen LogP contribution in [0.4, 0.5) is 4.79 Å². The monoisotopic (exact) mass is 201 g/mol. The first-order valence-corrected chi connectivity index (χ1v) is 4.11. The Morgan fingerprint density at radius 3 is 2.79 bits per heavy atom. The largest absolute Gasteiger partial charge is 0.480 e. The standard InChI is InChI=1S/C7H11N3O4/c11-5-1-4(2-8-5)10-7(14)9-3-6(12)13/h4H,1-3H2,(H,8,11)(H,12,13)(H2,9,10,14). The summed E-state index contributed by atoms with van der Waals surface area (Å²) in [6, 6.07) is -0.829. The van der Waals surface area contributed by atoms with Crippen molar-refractivity contribution in [3.8, 4) is 0 Å². The van der Waals surface area contributed by atoms with Crippen LogP contribution in [-0.4, -0.2) is 42.1 Å². The van der Waals surface area contributed by atoms with Crippen molar-refractivity contribution in [1.29, 1.82) is 0 Å². The molecule has 14 heavy (non-hydrogen) atoms. The van der Waals surface area contributed by atoms with Gasteiger partial charge in [0.25, 0.3) is 0 Å². The molecular formula is C7H11N3O4. The quantitative estimate of drug-likeness (QED) is 0.434. The summed E-state index contributed by atoms with van der Waals surface area (Å²) < 4.78 is 0. The van der Waals surface area contributed by atoms with E-state index in [1.54, 1.807) is 0 Å². The van der Waals surface area contributed by atoms with E-state index in [1.807, 2.05) is 0 Å². The first-order chi connectivity index (χ1) is 6.58. The van der Waals surface area contributed by atoms with Crippen LogP contribution in [0.15, 0.2) is 0 Å². The van der Waals surface area contributed by atoms with Crippen molar-refractivity contribution in [1.82, 2.24) is 16.0 Å². The van der Waals surface area contributed by atoms with Crippen molar-refractivity contribution in [3.05, 3.63) is 0 Å². The Hall–Kier alpha value is -1.79. The van der Waals surface area contributed by atoms with Crippen LogP contribution in [0.1, 0.15) is 6.42 Å². The lowest BCUT2D eigenvalue weighted by atomic mass is 10.3. The van der Waals surface area contributed by atoms with Crippen molar-refractivity contribution in [2.75, 3.05) is 13.1 Å². The molecule has 1 aliphatic rings. The number of hydrogen-bond acceptors (Lipinski definition) is 3. The summed E-state index contributed by atoms with van der Waals surface area (Å²) in [5, 5.41) is 15.4. The summed E-state index contributed by atoms with van der Waals surface area (Å²) in [6.07, 6.45) is 0.237. The van der Waals surface area contributed by atoms with Gasteiger partial charge in [-0.05, 0) is 0 Å². The Kier molecular flexibility index (Phi) is 3.27. The normalized spacial score (nSPS) is 20.0. The van der Waals surface area contributed by atoms with Crippen LogP contribution in [0.5, 0.6) is 0 Å². The third-order valence-electron chi connectivity index (χ3n) is 1.71. The molecule has 3 amide bonds. The van der Waals surface area contributed by atoms with Gasteiger partial charge in [0.1, 0.15) is 6.54 Å². The molecule has 1 saturated heterocycles. The van der Waals surface area contributed by atoms with E-state index in [0.717, 1.165) is 0 Å². The number of rotatable bonds is 3. The summed E-state index contributed by atoms with van der Waals surface area (Å²) in [5.41, 5.74) is 0. The molecule has 0 aromatic carbocycles. The van der Waals surface area contributed by atoms with Crippen molar-refractivity contribution in [2.24, 2.45) is 0 Å². The number of urea groups is 1. The molecule has 1 unspecified atom stereocenters. The van der Waals surface area contributed by atoms with Crippen LogP contribution in [0, 0.1) is 0 Å². The maximum atomic E-state index is 11.0. The number of carboxylic acid groups (broad SMARTS) is 1.